The number of aryl methyl sites for hydroxylation is 1. The zero-order valence-corrected chi connectivity index (χ0v) is 9.10. The highest BCUT2D eigenvalue weighted by Crippen LogP contribution is 2.25. The highest BCUT2D eigenvalue weighted by molar-refractivity contribution is 8.93. The zero-order chi connectivity index (χ0) is 7.84. The van der Waals surface area contributed by atoms with E-state index < -0.39 is 0 Å². The van der Waals surface area contributed by atoms with E-state index >= 15 is 0 Å². The second kappa shape index (κ2) is 3.41. The fraction of sp³-hybridized carbons (Fsp3) is 0.125. The lowest BCUT2D eigenvalue weighted by molar-refractivity contribution is 1.43. The molecule has 2 aromatic rings. The molecule has 0 aliphatic heterocycles. The van der Waals surface area contributed by atoms with Gasteiger partial charge in [0.25, 0.3) is 0 Å². The van der Waals surface area contributed by atoms with Crippen molar-refractivity contribution >= 4 is 43.7 Å². The average molecular weight is 245 g/mol. The van der Waals surface area contributed by atoms with Crippen molar-refractivity contribution in [3.05, 3.63) is 23.8 Å². The minimum atomic E-state index is 0. The van der Waals surface area contributed by atoms with E-state index in [-0.39, 0.29) is 17.0 Å². The third kappa shape index (κ3) is 1.44. The maximum Gasteiger partial charge on any atom is 0.181 e. The first-order valence-corrected chi connectivity index (χ1v) is 4.20. The molecule has 12 heavy (non-hydrogen) atoms. The molecule has 1 aromatic carbocycles. The first-order chi connectivity index (χ1) is 5.27. The number of fused-ring (bicyclic) bond motifs is 1. The molecule has 2 N–H and O–H groups in total. The summed E-state index contributed by atoms with van der Waals surface area (Å²) in [5.74, 6) is 0. The van der Waals surface area contributed by atoms with Gasteiger partial charge in [0.2, 0.25) is 0 Å². The Hall–Kier alpha value is -0.610. The van der Waals surface area contributed by atoms with Crippen molar-refractivity contribution in [1.82, 2.24) is 4.98 Å². The number of rotatable bonds is 0. The quantitative estimate of drug-likeness (QED) is 0.775. The summed E-state index contributed by atoms with van der Waals surface area (Å²) in [6.45, 7) is 2.04. The lowest BCUT2D eigenvalue weighted by atomic mass is 10.2. The highest BCUT2D eigenvalue weighted by atomic mass is 79.9. The Morgan fingerprint density at radius 1 is 1.42 bits per heavy atom. The van der Waals surface area contributed by atoms with E-state index in [2.05, 4.69) is 4.98 Å². The van der Waals surface area contributed by atoms with Crippen LogP contribution in [0, 0.1) is 6.92 Å². The number of thiazole rings is 1. The van der Waals surface area contributed by atoms with Crippen molar-refractivity contribution in [2.24, 2.45) is 0 Å². The second-order valence-corrected chi connectivity index (χ2v) is 3.54. The van der Waals surface area contributed by atoms with Crippen LogP contribution >= 0.6 is 28.3 Å². The third-order valence-corrected chi connectivity index (χ3v) is 2.49. The molecule has 64 valence electrons. The number of aromatic nitrogens is 1. The van der Waals surface area contributed by atoms with Crippen molar-refractivity contribution in [3.8, 4) is 0 Å². The molecule has 0 atom stereocenters. The second-order valence-electron chi connectivity index (χ2n) is 2.47. The Kier molecular flexibility index (Phi) is 2.69. The Morgan fingerprint density at radius 3 is 2.83 bits per heavy atom. The smallest absolute Gasteiger partial charge is 0.181 e. The Labute approximate surface area is 85.2 Å². The van der Waals surface area contributed by atoms with Crippen LogP contribution in [0.15, 0.2) is 18.2 Å². The standard InChI is InChI=1S/C8H8N2S.BrH/c1-5-3-2-4-6-7(5)10-8(9)11-6;/h2-4H,1H3,(H2,9,10);1H. The number of nitrogen functional groups attached to an aromatic ring is 1. The van der Waals surface area contributed by atoms with Crippen LogP contribution in [0.3, 0.4) is 0 Å². The summed E-state index contributed by atoms with van der Waals surface area (Å²) in [4.78, 5) is 4.21. The van der Waals surface area contributed by atoms with E-state index in [9.17, 15) is 0 Å². The van der Waals surface area contributed by atoms with Crippen molar-refractivity contribution in [2.75, 3.05) is 5.73 Å². The molecular weight excluding hydrogens is 236 g/mol. The molecule has 0 fully saturated rings. The van der Waals surface area contributed by atoms with E-state index in [4.69, 9.17) is 5.73 Å². The van der Waals surface area contributed by atoms with Crippen LogP contribution in [-0.2, 0) is 0 Å². The Bertz CT molecular complexity index is 397. The van der Waals surface area contributed by atoms with E-state index in [1.54, 1.807) is 0 Å². The van der Waals surface area contributed by atoms with E-state index in [1.165, 1.54) is 21.6 Å². The molecule has 1 heterocycles. The van der Waals surface area contributed by atoms with Gasteiger partial charge in [0.1, 0.15) is 0 Å². The molecule has 0 unspecified atom stereocenters. The molecule has 0 saturated carbocycles. The zero-order valence-electron chi connectivity index (χ0n) is 6.57. The molecular formula is C8H9BrN2S. The molecule has 0 spiro atoms. The third-order valence-electron chi connectivity index (χ3n) is 1.64. The first-order valence-electron chi connectivity index (χ1n) is 3.39. The Morgan fingerprint density at radius 2 is 2.17 bits per heavy atom. The Balaban J connectivity index is 0.000000720. The van der Waals surface area contributed by atoms with Crippen LogP contribution in [0.5, 0.6) is 0 Å². The fourth-order valence-corrected chi connectivity index (χ4v) is 1.92. The number of anilines is 1. The van der Waals surface area contributed by atoms with Crippen molar-refractivity contribution in [2.45, 2.75) is 6.92 Å². The van der Waals surface area contributed by atoms with E-state index in [1.807, 2.05) is 25.1 Å². The summed E-state index contributed by atoms with van der Waals surface area (Å²) in [5, 5.41) is 0.648. The summed E-state index contributed by atoms with van der Waals surface area (Å²) in [7, 11) is 0. The number of para-hydroxylation sites is 1. The lowest BCUT2D eigenvalue weighted by Gasteiger charge is -1.89. The monoisotopic (exact) mass is 244 g/mol. The van der Waals surface area contributed by atoms with Crippen molar-refractivity contribution in [1.29, 1.82) is 0 Å². The number of nitrogens with two attached hydrogens (primary N) is 1. The number of benzene rings is 1. The summed E-state index contributed by atoms with van der Waals surface area (Å²) < 4.78 is 1.17. The molecule has 2 nitrogen and oxygen atoms in total. The average Bonchev–Trinajstić information content (AvgIpc) is 2.31. The minimum absolute atomic E-state index is 0. The molecule has 0 aliphatic rings. The van der Waals surface area contributed by atoms with Gasteiger partial charge >= 0.3 is 0 Å². The van der Waals surface area contributed by atoms with Crippen LogP contribution in [0.25, 0.3) is 10.2 Å². The largest absolute Gasteiger partial charge is 0.375 e. The van der Waals surface area contributed by atoms with Gasteiger partial charge in [-0.3, -0.25) is 0 Å². The highest BCUT2D eigenvalue weighted by Gasteiger charge is 2.01. The van der Waals surface area contributed by atoms with Gasteiger partial charge in [0, 0.05) is 0 Å². The van der Waals surface area contributed by atoms with Crippen LogP contribution in [0.4, 0.5) is 5.13 Å². The SMILES string of the molecule is Br.Cc1cccc2sc(N)nc12. The van der Waals surface area contributed by atoms with Crippen molar-refractivity contribution < 1.29 is 0 Å². The van der Waals surface area contributed by atoms with Crippen LogP contribution in [0.2, 0.25) is 0 Å². The van der Waals surface area contributed by atoms with E-state index in [0.717, 1.165) is 5.52 Å². The van der Waals surface area contributed by atoms with Gasteiger partial charge in [0.05, 0.1) is 10.2 Å². The summed E-state index contributed by atoms with van der Waals surface area (Å²) in [5.41, 5.74) is 7.79. The number of nitrogens with zero attached hydrogens (tertiary/aromatic N) is 1. The maximum absolute atomic E-state index is 5.57. The predicted octanol–water partition coefficient (Wildman–Crippen LogP) is 2.76. The molecule has 0 radical (unpaired) electrons. The lowest BCUT2D eigenvalue weighted by Crippen LogP contribution is -1.80. The van der Waals surface area contributed by atoms with Gasteiger partial charge in [-0.1, -0.05) is 23.5 Å². The van der Waals surface area contributed by atoms with Gasteiger partial charge < -0.3 is 5.73 Å². The summed E-state index contributed by atoms with van der Waals surface area (Å²) in [6, 6.07) is 6.10. The topological polar surface area (TPSA) is 38.9 Å². The van der Waals surface area contributed by atoms with Gasteiger partial charge in [-0.2, -0.15) is 0 Å². The van der Waals surface area contributed by atoms with Gasteiger partial charge in [-0.05, 0) is 18.6 Å². The maximum atomic E-state index is 5.57. The van der Waals surface area contributed by atoms with Crippen LogP contribution in [-0.4, -0.2) is 4.98 Å². The normalized spacial score (nSPS) is 9.75. The molecule has 0 bridgehead atoms. The number of hydrogen-bond donors (Lipinski definition) is 1. The number of halogens is 1. The van der Waals surface area contributed by atoms with Crippen LogP contribution in [0.1, 0.15) is 5.56 Å². The number of hydrogen-bond acceptors (Lipinski definition) is 3. The molecule has 0 amide bonds. The predicted molar refractivity (Wildman–Crippen MR) is 59.1 cm³/mol. The van der Waals surface area contributed by atoms with Crippen molar-refractivity contribution in [3.63, 3.8) is 0 Å². The van der Waals surface area contributed by atoms with E-state index in [0.29, 0.717) is 5.13 Å². The van der Waals surface area contributed by atoms with Gasteiger partial charge in [0.15, 0.2) is 5.13 Å². The minimum Gasteiger partial charge on any atom is -0.375 e. The molecule has 0 saturated heterocycles. The van der Waals surface area contributed by atoms with Gasteiger partial charge in [-0.25, -0.2) is 4.98 Å². The fourth-order valence-electron chi connectivity index (χ4n) is 1.10. The molecule has 0 aliphatic carbocycles. The van der Waals surface area contributed by atoms with Gasteiger partial charge in [-0.15, -0.1) is 17.0 Å². The summed E-state index contributed by atoms with van der Waals surface area (Å²) in [6.07, 6.45) is 0. The summed E-state index contributed by atoms with van der Waals surface area (Å²) >= 11 is 1.53. The van der Waals surface area contributed by atoms with Crippen LogP contribution < -0.4 is 5.73 Å². The molecule has 1 aromatic heterocycles. The molecule has 4 heteroatoms. The molecule has 2 rings (SSSR count). The first kappa shape index (κ1) is 9.48.